The van der Waals surface area contributed by atoms with Gasteiger partial charge in [0, 0.05) is 12.5 Å². The van der Waals surface area contributed by atoms with E-state index in [1.807, 2.05) is 0 Å². The van der Waals surface area contributed by atoms with Crippen LogP contribution in [-0.2, 0) is 13.0 Å². The van der Waals surface area contributed by atoms with E-state index in [0.29, 0.717) is 11.8 Å². The molecule has 2 fully saturated rings. The van der Waals surface area contributed by atoms with E-state index in [-0.39, 0.29) is 0 Å². The minimum Gasteiger partial charge on any atom is -0.384 e. The first-order valence-corrected chi connectivity index (χ1v) is 8.50. The maximum atomic E-state index is 6.44. The third kappa shape index (κ3) is 3.02. The van der Waals surface area contributed by atoms with E-state index in [9.17, 15) is 0 Å². The second kappa shape index (κ2) is 5.79. The molecule has 0 bridgehead atoms. The summed E-state index contributed by atoms with van der Waals surface area (Å²) in [5.74, 6) is 4.39. The molecule has 2 saturated carbocycles. The van der Waals surface area contributed by atoms with Gasteiger partial charge < -0.3 is 10.3 Å². The van der Waals surface area contributed by atoms with E-state index >= 15 is 0 Å². The zero-order valence-electron chi connectivity index (χ0n) is 13.1. The molecule has 0 unspecified atom stereocenters. The van der Waals surface area contributed by atoms with E-state index in [0.717, 1.165) is 24.7 Å². The lowest BCUT2D eigenvalue weighted by Crippen LogP contribution is -2.13. The van der Waals surface area contributed by atoms with Crippen molar-refractivity contribution in [2.24, 2.45) is 11.8 Å². The summed E-state index contributed by atoms with van der Waals surface area (Å²) in [5.41, 5.74) is 7.63. The highest BCUT2D eigenvalue weighted by Gasteiger charge is 2.31. The molecule has 3 nitrogen and oxygen atoms in total. The van der Waals surface area contributed by atoms with Crippen molar-refractivity contribution in [2.75, 3.05) is 5.73 Å². The van der Waals surface area contributed by atoms with Crippen LogP contribution in [0.25, 0.3) is 0 Å². The first kappa shape index (κ1) is 14.0. The Morgan fingerprint density at radius 2 is 1.85 bits per heavy atom. The Morgan fingerprint density at radius 1 is 1.15 bits per heavy atom. The first-order valence-electron chi connectivity index (χ1n) is 8.50. The third-order valence-electron chi connectivity index (χ3n) is 4.81. The molecule has 20 heavy (non-hydrogen) atoms. The third-order valence-corrected chi connectivity index (χ3v) is 4.81. The minimum absolute atomic E-state index is 0.631. The molecule has 2 aliphatic carbocycles. The van der Waals surface area contributed by atoms with Gasteiger partial charge in [0.05, 0.1) is 5.69 Å². The molecule has 0 saturated heterocycles. The van der Waals surface area contributed by atoms with Gasteiger partial charge in [-0.15, -0.1) is 0 Å². The largest absolute Gasteiger partial charge is 0.384 e. The molecule has 3 rings (SSSR count). The highest BCUT2D eigenvalue weighted by atomic mass is 15.2. The Balaban J connectivity index is 1.79. The van der Waals surface area contributed by atoms with Crippen molar-refractivity contribution in [2.45, 2.75) is 77.7 Å². The van der Waals surface area contributed by atoms with Gasteiger partial charge in [0.2, 0.25) is 0 Å². The van der Waals surface area contributed by atoms with Crippen LogP contribution in [0.5, 0.6) is 0 Å². The summed E-state index contributed by atoms with van der Waals surface area (Å²) in [6.07, 6.45) is 10.7. The Hall–Kier alpha value is -0.990. The summed E-state index contributed by atoms with van der Waals surface area (Å²) in [5, 5.41) is 0. The van der Waals surface area contributed by atoms with Gasteiger partial charge in [-0.1, -0.05) is 46.0 Å². The number of hydrogen-bond donors (Lipinski definition) is 1. The van der Waals surface area contributed by atoms with Crippen molar-refractivity contribution >= 4 is 5.82 Å². The molecule has 0 spiro atoms. The van der Waals surface area contributed by atoms with Gasteiger partial charge in [-0.25, -0.2) is 4.98 Å². The fourth-order valence-electron chi connectivity index (χ4n) is 3.56. The van der Waals surface area contributed by atoms with Crippen LogP contribution in [0.2, 0.25) is 0 Å². The predicted octanol–water partition coefficient (Wildman–Crippen LogP) is 4.12. The van der Waals surface area contributed by atoms with Crippen LogP contribution in [0.1, 0.15) is 76.2 Å². The molecule has 0 atom stereocenters. The molecule has 2 aliphatic rings. The summed E-state index contributed by atoms with van der Waals surface area (Å²) in [6, 6.07) is 0. The molecule has 0 aromatic carbocycles. The number of nitrogen functional groups attached to an aromatic ring is 1. The van der Waals surface area contributed by atoms with Crippen molar-refractivity contribution in [3.8, 4) is 0 Å². The Morgan fingerprint density at radius 3 is 2.45 bits per heavy atom. The van der Waals surface area contributed by atoms with Gasteiger partial charge in [-0.2, -0.15) is 0 Å². The molecule has 2 N–H and O–H groups in total. The highest BCUT2D eigenvalue weighted by Crippen LogP contribution is 2.41. The summed E-state index contributed by atoms with van der Waals surface area (Å²) >= 11 is 0. The van der Waals surface area contributed by atoms with Gasteiger partial charge in [-0.05, 0) is 31.1 Å². The molecule has 0 radical (unpaired) electrons. The zero-order valence-corrected chi connectivity index (χ0v) is 13.1. The van der Waals surface area contributed by atoms with Gasteiger partial charge in [0.1, 0.15) is 11.6 Å². The van der Waals surface area contributed by atoms with Gasteiger partial charge in [0.25, 0.3) is 0 Å². The standard InChI is InChI=1S/C17H29N3/c1-12(2)11-20-16(18)15(19-17(20)14-8-9-14)10-13-6-4-3-5-7-13/h12-14H,3-11,18H2,1-2H3. The Kier molecular flexibility index (Phi) is 4.04. The molecule has 1 heterocycles. The van der Waals surface area contributed by atoms with Crippen LogP contribution in [-0.4, -0.2) is 9.55 Å². The molecule has 1 aromatic heterocycles. The van der Waals surface area contributed by atoms with Gasteiger partial charge in [0.15, 0.2) is 0 Å². The second-order valence-electron chi connectivity index (χ2n) is 7.29. The lowest BCUT2D eigenvalue weighted by molar-refractivity contribution is 0.355. The number of imidazole rings is 1. The van der Waals surface area contributed by atoms with E-state index in [1.54, 1.807) is 0 Å². The van der Waals surface area contributed by atoms with Crippen LogP contribution in [0.4, 0.5) is 5.82 Å². The molecule has 112 valence electrons. The smallest absolute Gasteiger partial charge is 0.126 e. The van der Waals surface area contributed by atoms with Gasteiger partial charge >= 0.3 is 0 Å². The second-order valence-corrected chi connectivity index (χ2v) is 7.29. The maximum Gasteiger partial charge on any atom is 0.126 e. The van der Waals surface area contributed by atoms with Crippen molar-refractivity contribution in [1.29, 1.82) is 0 Å². The van der Waals surface area contributed by atoms with Crippen LogP contribution < -0.4 is 5.73 Å². The monoisotopic (exact) mass is 275 g/mol. The van der Waals surface area contributed by atoms with Crippen LogP contribution in [0.15, 0.2) is 0 Å². The fourth-order valence-corrected chi connectivity index (χ4v) is 3.56. The first-order chi connectivity index (χ1) is 9.65. The van der Waals surface area contributed by atoms with Crippen molar-refractivity contribution in [3.05, 3.63) is 11.5 Å². The van der Waals surface area contributed by atoms with Crippen molar-refractivity contribution < 1.29 is 0 Å². The number of aromatic nitrogens is 2. The summed E-state index contributed by atoms with van der Waals surface area (Å²) in [4.78, 5) is 4.96. The molecule has 0 aliphatic heterocycles. The SMILES string of the molecule is CC(C)Cn1c(C2CC2)nc(CC2CCCCC2)c1N. The van der Waals surface area contributed by atoms with E-state index in [2.05, 4.69) is 18.4 Å². The highest BCUT2D eigenvalue weighted by molar-refractivity contribution is 5.40. The number of nitrogens with two attached hydrogens (primary N) is 1. The molecule has 1 aromatic rings. The maximum absolute atomic E-state index is 6.44. The predicted molar refractivity (Wildman–Crippen MR) is 83.7 cm³/mol. The van der Waals surface area contributed by atoms with Gasteiger partial charge in [-0.3, -0.25) is 0 Å². The lowest BCUT2D eigenvalue weighted by Gasteiger charge is -2.20. The van der Waals surface area contributed by atoms with Crippen LogP contribution in [0.3, 0.4) is 0 Å². The molecule has 3 heteroatoms. The average molecular weight is 275 g/mol. The number of nitrogens with zero attached hydrogens (tertiary/aromatic N) is 2. The van der Waals surface area contributed by atoms with E-state index < -0.39 is 0 Å². The van der Waals surface area contributed by atoms with E-state index in [4.69, 9.17) is 10.7 Å². The van der Waals surface area contributed by atoms with Crippen molar-refractivity contribution in [1.82, 2.24) is 9.55 Å². The topological polar surface area (TPSA) is 43.8 Å². The van der Waals surface area contributed by atoms with Crippen LogP contribution in [0, 0.1) is 11.8 Å². The number of anilines is 1. The van der Waals surface area contributed by atoms with Crippen LogP contribution >= 0.6 is 0 Å². The van der Waals surface area contributed by atoms with E-state index in [1.165, 1.54) is 56.5 Å². The summed E-state index contributed by atoms with van der Waals surface area (Å²) < 4.78 is 2.32. The molecular formula is C17H29N3. The Bertz CT molecular complexity index is 451. The Labute approximate surface area is 123 Å². The summed E-state index contributed by atoms with van der Waals surface area (Å²) in [6.45, 7) is 5.54. The minimum atomic E-state index is 0.631. The lowest BCUT2D eigenvalue weighted by atomic mass is 9.86. The normalized spacial score (nSPS) is 20.8. The molecule has 0 amide bonds. The summed E-state index contributed by atoms with van der Waals surface area (Å²) in [7, 11) is 0. The number of rotatable bonds is 5. The molecular weight excluding hydrogens is 246 g/mol. The fraction of sp³-hybridized carbons (Fsp3) is 0.824. The average Bonchev–Trinajstić information content (AvgIpc) is 3.22. The number of hydrogen-bond acceptors (Lipinski definition) is 2. The van der Waals surface area contributed by atoms with Crippen molar-refractivity contribution in [3.63, 3.8) is 0 Å². The quantitative estimate of drug-likeness (QED) is 0.878. The zero-order chi connectivity index (χ0) is 14.1.